The lowest BCUT2D eigenvalue weighted by Gasteiger charge is -2.02. The first-order valence-electron chi connectivity index (χ1n) is 2.96. The summed E-state index contributed by atoms with van der Waals surface area (Å²) < 4.78 is 4.70. The summed E-state index contributed by atoms with van der Waals surface area (Å²) in [6.45, 7) is 7.71. The number of carbonyl (C=O) groups is 1. The molecule has 0 heterocycles. The van der Waals surface area contributed by atoms with Crippen LogP contribution in [0.4, 0.5) is 0 Å². The molecule has 0 amide bonds. The number of halogens is 1. The Bertz CT molecular complexity index is 110. The third-order valence-corrected chi connectivity index (χ3v) is 0.726. The summed E-state index contributed by atoms with van der Waals surface area (Å²) in [4.78, 5) is 10.4. The Kier molecular flexibility index (Phi) is 8.07. The van der Waals surface area contributed by atoms with E-state index in [0.29, 0.717) is 12.5 Å². The number of carbonyl (C=O) groups excluding carboxylic acids is 1. The van der Waals surface area contributed by atoms with Crippen molar-refractivity contribution in [3.63, 3.8) is 0 Å². The third kappa shape index (κ3) is 7.50. The van der Waals surface area contributed by atoms with Crippen LogP contribution in [0, 0.1) is 5.92 Å². The lowest BCUT2D eigenvalue weighted by atomic mass is 10.2. The molecule has 0 atom stereocenters. The van der Waals surface area contributed by atoms with Crippen LogP contribution < -0.4 is 0 Å². The lowest BCUT2D eigenvalue weighted by Crippen LogP contribution is -2.06. The van der Waals surface area contributed by atoms with E-state index in [0.717, 1.165) is 0 Å². The number of hydrogen-bond donors (Lipinski definition) is 0. The van der Waals surface area contributed by atoms with Crippen molar-refractivity contribution < 1.29 is 9.53 Å². The van der Waals surface area contributed by atoms with Crippen molar-refractivity contribution in [1.29, 1.82) is 0 Å². The van der Waals surface area contributed by atoms with E-state index in [1.807, 2.05) is 13.8 Å². The maximum Gasteiger partial charge on any atom is 0.330 e. The molecule has 3 heteroatoms. The Labute approximate surface area is 67.7 Å². The highest BCUT2D eigenvalue weighted by Crippen LogP contribution is 1.92. The molecule has 0 rings (SSSR count). The highest BCUT2D eigenvalue weighted by Gasteiger charge is 1.96. The summed E-state index contributed by atoms with van der Waals surface area (Å²) in [5.74, 6) is 0.0533. The standard InChI is InChI=1S/C7H12O2.ClH/c1-4-7(8)9-5-6(2)3;/h4,6H,1,5H2,2-3H3;1H. The molecule has 0 unspecified atom stereocenters. The van der Waals surface area contributed by atoms with E-state index in [1.54, 1.807) is 0 Å². The van der Waals surface area contributed by atoms with Crippen molar-refractivity contribution in [1.82, 2.24) is 0 Å². The summed E-state index contributed by atoms with van der Waals surface area (Å²) in [6, 6.07) is 0. The molecule has 0 aromatic carbocycles. The van der Waals surface area contributed by atoms with Crippen molar-refractivity contribution in [3.8, 4) is 0 Å². The second-order valence-electron chi connectivity index (χ2n) is 2.23. The second kappa shape index (κ2) is 6.62. The Morgan fingerprint density at radius 2 is 2.20 bits per heavy atom. The minimum atomic E-state index is -0.344. The molecular formula is C7H13ClO2. The molecule has 60 valence electrons. The molecule has 0 bridgehead atoms. The maximum absolute atomic E-state index is 10.4. The molecule has 0 spiro atoms. The van der Waals surface area contributed by atoms with Crippen molar-refractivity contribution >= 4 is 18.4 Å². The zero-order valence-electron chi connectivity index (χ0n) is 6.29. The van der Waals surface area contributed by atoms with E-state index in [2.05, 4.69) is 6.58 Å². The summed E-state index contributed by atoms with van der Waals surface area (Å²) in [5.41, 5.74) is 0. The predicted molar refractivity (Wildman–Crippen MR) is 43.2 cm³/mol. The van der Waals surface area contributed by atoms with Crippen LogP contribution in [0.25, 0.3) is 0 Å². The van der Waals surface area contributed by atoms with Gasteiger partial charge in [0.15, 0.2) is 0 Å². The second-order valence-corrected chi connectivity index (χ2v) is 2.23. The number of ether oxygens (including phenoxy) is 1. The van der Waals surface area contributed by atoms with Crippen LogP contribution in [0.1, 0.15) is 13.8 Å². The SMILES string of the molecule is C=CC(=O)OCC(C)C.Cl. The van der Waals surface area contributed by atoms with Crippen LogP contribution in [0.5, 0.6) is 0 Å². The van der Waals surface area contributed by atoms with Crippen molar-refractivity contribution in [2.75, 3.05) is 6.61 Å². The summed E-state index contributed by atoms with van der Waals surface area (Å²) in [6.07, 6.45) is 1.17. The molecular weight excluding hydrogens is 152 g/mol. The van der Waals surface area contributed by atoms with E-state index in [4.69, 9.17) is 4.74 Å². The molecule has 0 aliphatic rings. The van der Waals surface area contributed by atoms with Gasteiger partial charge < -0.3 is 4.74 Å². The van der Waals surface area contributed by atoms with Crippen LogP contribution in [-0.4, -0.2) is 12.6 Å². The zero-order chi connectivity index (χ0) is 7.28. The Balaban J connectivity index is 0. The first-order chi connectivity index (χ1) is 4.16. The Morgan fingerprint density at radius 1 is 1.70 bits per heavy atom. The third-order valence-electron chi connectivity index (χ3n) is 0.726. The number of hydrogen-bond acceptors (Lipinski definition) is 2. The quantitative estimate of drug-likeness (QED) is 0.470. The first kappa shape index (κ1) is 12.2. The van der Waals surface area contributed by atoms with Crippen molar-refractivity contribution in [3.05, 3.63) is 12.7 Å². The van der Waals surface area contributed by atoms with Crippen LogP contribution in [-0.2, 0) is 9.53 Å². The molecule has 0 radical (unpaired) electrons. The van der Waals surface area contributed by atoms with Gasteiger partial charge in [0, 0.05) is 6.08 Å². The van der Waals surface area contributed by atoms with Gasteiger partial charge in [-0.25, -0.2) is 4.79 Å². The van der Waals surface area contributed by atoms with E-state index in [1.165, 1.54) is 6.08 Å². The number of rotatable bonds is 3. The van der Waals surface area contributed by atoms with E-state index >= 15 is 0 Å². The monoisotopic (exact) mass is 164 g/mol. The maximum atomic E-state index is 10.4. The Hall–Kier alpha value is -0.500. The van der Waals surface area contributed by atoms with Gasteiger partial charge in [-0.1, -0.05) is 20.4 Å². The lowest BCUT2D eigenvalue weighted by molar-refractivity contribution is -0.138. The van der Waals surface area contributed by atoms with Crippen LogP contribution >= 0.6 is 12.4 Å². The molecule has 0 aliphatic carbocycles. The average molecular weight is 165 g/mol. The molecule has 0 fully saturated rings. The van der Waals surface area contributed by atoms with Gasteiger partial charge in [0.05, 0.1) is 6.61 Å². The van der Waals surface area contributed by atoms with Gasteiger partial charge in [0.25, 0.3) is 0 Å². The molecule has 2 nitrogen and oxygen atoms in total. The van der Waals surface area contributed by atoms with Crippen LogP contribution in [0.3, 0.4) is 0 Å². The Morgan fingerprint density at radius 3 is 2.50 bits per heavy atom. The molecule has 10 heavy (non-hydrogen) atoms. The van der Waals surface area contributed by atoms with Crippen LogP contribution in [0.15, 0.2) is 12.7 Å². The fourth-order valence-electron chi connectivity index (χ4n) is 0.308. The minimum Gasteiger partial charge on any atom is -0.462 e. The van der Waals surface area contributed by atoms with E-state index in [-0.39, 0.29) is 18.4 Å². The molecule has 0 aromatic heterocycles. The van der Waals surface area contributed by atoms with Gasteiger partial charge in [-0.05, 0) is 5.92 Å². The van der Waals surface area contributed by atoms with Crippen molar-refractivity contribution in [2.45, 2.75) is 13.8 Å². The smallest absolute Gasteiger partial charge is 0.330 e. The van der Waals surface area contributed by atoms with Crippen molar-refractivity contribution in [2.24, 2.45) is 5.92 Å². The van der Waals surface area contributed by atoms with E-state index in [9.17, 15) is 4.79 Å². The first-order valence-corrected chi connectivity index (χ1v) is 2.96. The highest BCUT2D eigenvalue weighted by atomic mass is 35.5. The zero-order valence-corrected chi connectivity index (χ0v) is 7.11. The van der Waals surface area contributed by atoms with Crippen LogP contribution in [0.2, 0.25) is 0 Å². The summed E-state index contributed by atoms with van der Waals surface area (Å²) >= 11 is 0. The topological polar surface area (TPSA) is 26.3 Å². The normalized spacial score (nSPS) is 8.30. The van der Waals surface area contributed by atoms with Gasteiger partial charge in [-0.2, -0.15) is 0 Å². The summed E-state index contributed by atoms with van der Waals surface area (Å²) in [5, 5.41) is 0. The molecule has 0 saturated heterocycles. The van der Waals surface area contributed by atoms with Gasteiger partial charge in [0.1, 0.15) is 0 Å². The number of esters is 1. The van der Waals surface area contributed by atoms with Gasteiger partial charge in [-0.15, -0.1) is 12.4 Å². The fraction of sp³-hybridized carbons (Fsp3) is 0.571. The average Bonchev–Trinajstić information content (AvgIpc) is 1.83. The highest BCUT2D eigenvalue weighted by molar-refractivity contribution is 5.85. The van der Waals surface area contributed by atoms with Gasteiger partial charge in [0.2, 0.25) is 0 Å². The predicted octanol–water partition coefficient (Wildman–Crippen LogP) is 1.79. The minimum absolute atomic E-state index is 0. The summed E-state index contributed by atoms with van der Waals surface area (Å²) in [7, 11) is 0. The van der Waals surface area contributed by atoms with Gasteiger partial charge >= 0.3 is 5.97 Å². The van der Waals surface area contributed by atoms with E-state index < -0.39 is 0 Å². The molecule has 0 aromatic rings. The molecule has 0 aliphatic heterocycles. The molecule has 0 N–H and O–H groups in total. The largest absolute Gasteiger partial charge is 0.462 e. The fourth-order valence-corrected chi connectivity index (χ4v) is 0.308. The van der Waals surface area contributed by atoms with Gasteiger partial charge in [-0.3, -0.25) is 0 Å². The molecule has 0 saturated carbocycles.